The number of fused-ring (bicyclic) bond motifs is 9. The molecule has 49 heavy (non-hydrogen) atoms. The molecule has 6 heteroatoms. The van der Waals surface area contributed by atoms with Crippen LogP contribution >= 0.6 is 0 Å². The zero-order chi connectivity index (χ0) is 32.3. The van der Waals surface area contributed by atoms with Gasteiger partial charge in [-0.05, 0) is 76.0 Å². The van der Waals surface area contributed by atoms with Crippen LogP contribution in [0.4, 0.5) is 0 Å². The van der Waals surface area contributed by atoms with E-state index in [1.165, 1.54) is 21.5 Å². The first kappa shape index (κ1) is 27.3. The Morgan fingerprint density at radius 3 is 1.86 bits per heavy atom. The van der Waals surface area contributed by atoms with E-state index in [-0.39, 0.29) is 0 Å². The lowest BCUT2D eigenvalue weighted by Gasteiger charge is -2.13. The van der Waals surface area contributed by atoms with Crippen LogP contribution in [-0.2, 0) is 0 Å². The van der Waals surface area contributed by atoms with Gasteiger partial charge in [0, 0.05) is 75.5 Å². The van der Waals surface area contributed by atoms with E-state index in [2.05, 4.69) is 119 Å². The summed E-state index contributed by atoms with van der Waals surface area (Å²) in [4.78, 5) is 23.1. The van der Waals surface area contributed by atoms with Crippen molar-refractivity contribution >= 4 is 54.4 Å². The molecular formula is C43H26N6. The van der Waals surface area contributed by atoms with Crippen LogP contribution in [0.15, 0.2) is 159 Å². The molecule has 0 aliphatic heterocycles. The molecule has 0 fully saturated rings. The Morgan fingerprint density at radius 2 is 1.04 bits per heavy atom. The number of hydrogen-bond acceptors (Lipinski definition) is 5. The van der Waals surface area contributed by atoms with E-state index in [1.54, 1.807) is 24.8 Å². The van der Waals surface area contributed by atoms with Gasteiger partial charge >= 0.3 is 0 Å². The first-order valence-electron chi connectivity index (χ1n) is 16.2. The third-order valence-electron chi connectivity index (χ3n) is 9.46. The second kappa shape index (κ2) is 10.9. The van der Waals surface area contributed by atoms with Crippen molar-refractivity contribution in [2.45, 2.75) is 0 Å². The van der Waals surface area contributed by atoms with Gasteiger partial charge in [0.2, 0.25) is 0 Å². The van der Waals surface area contributed by atoms with E-state index in [0.29, 0.717) is 5.82 Å². The van der Waals surface area contributed by atoms with Gasteiger partial charge in [0.1, 0.15) is 0 Å². The molecule has 6 aromatic carbocycles. The van der Waals surface area contributed by atoms with Crippen molar-refractivity contribution < 1.29 is 0 Å². The Bertz CT molecular complexity index is 2880. The number of benzene rings is 6. The molecule has 10 rings (SSSR count). The molecular weight excluding hydrogens is 601 g/mol. The molecule has 10 aromatic rings. The van der Waals surface area contributed by atoms with Gasteiger partial charge < -0.3 is 4.57 Å². The van der Waals surface area contributed by atoms with E-state index in [4.69, 9.17) is 19.9 Å². The van der Waals surface area contributed by atoms with Gasteiger partial charge in [-0.2, -0.15) is 0 Å². The van der Waals surface area contributed by atoms with Crippen molar-refractivity contribution in [3.8, 4) is 39.3 Å². The maximum atomic E-state index is 4.85. The number of aromatic nitrogens is 6. The van der Waals surface area contributed by atoms with Crippen LogP contribution in [0.1, 0.15) is 0 Å². The predicted molar refractivity (Wildman–Crippen MR) is 199 cm³/mol. The van der Waals surface area contributed by atoms with Gasteiger partial charge in [-0.1, -0.05) is 72.8 Å². The minimum absolute atomic E-state index is 0.688. The van der Waals surface area contributed by atoms with Crippen LogP contribution in [0.5, 0.6) is 0 Å². The summed E-state index contributed by atoms with van der Waals surface area (Å²) in [5, 5.41) is 6.99. The fraction of sp³-hybridized carbons (Fsp3) is 0. The third-order valence-corrected chi connectivity index (χ3v) is 9.46. The molecule has 0 amide bonds. The van der Waals surface area contributed by atoms with Gasteiger partial charge in [-0.15, -0.1) is 0 Å². The smallest absolute Gasteiger partial charge is 0.159 e. The van der Waals surface area contributed by atoms with Crippen molar-refractivity contribution in [1.82, 2.24) is 29.5 Å². The zero-order valence-electron chi connectivity index (χ0n) is 26.2. The highest BCUT2D eigenvalue weighted by Crippen LogP contribution is 2.40. The van der Waals surface area contributed by atoms with Crippen LogP contribution in [0.25, 0.3) is 93.7 Å². The highest BCUT2D eigenvalue weighted by atomic mass is 15.0. The summed E-state index contributed by atoms with van der Waals surface area (Å²) >= 11 is 0. The van der Waals surface area contributed by atoms with Crippen LogP contribution in [-0.4, -0.2) is 29.5 Å². The van der Waals surface area contributed by atoms with E-state index in [1.807, 2.05) is 24.5 Å². The molecule has 0 atom stereocenters. The molecule has 0 bridgehead atoms. The SMILES string of the molecule is c1cc(-c2cccc(-n3c4ccccc4c4cc5c6ccccc6c6nccnc6c5cc43)c2)cc(-c2ncc(-c3ccncc3)cn2)c1. The zero-order valence-corrected chi connectivity index (χ0v) is 26.2. The summed E-state index contributed by atoms with van der Waals surface area (Å²) in [5.74, 6) is 0.688. The lowest BCUT2D eigenvalue weighted by molar-refractivity contribution is 1.17. The Balaban J connectivity index is 1.13. The summed E-state index contributed by atoms with van der Waals surface area (Å²) in [7, 11) is 0. The van der Waals surface area contributed by atoms with Gasteiger partial charge in [-0.3, -0.25) is 15.0 Å². The minimum atomic E-state index is 0.688. The Hall–Kier alpha value is -6.79. The second-order valence-corrected chi connectivity index (χ2v) is 12.2. The first-order chi connectivity index (χ1) is 24.3. The summed E-state index contributed by atoms with van der Waals surface area (Å²) < 4.78 is 2.37. The normalized spacial score (nSPS) is 11.7. The standard InChI is InChI=1S/C43H26N6/c1-2-13-35-33(11-1)36-23-37-34-12-3-4-14-39(34)49(40(37)24-38(36)42-41(35)45-19-20-46-42)32-10-6-8-29(22-32)28-7-5-9-30(21-28)43-47-25-31(26-48-43)27-15-17-44-18-16-27/h1-26H. The fourth-order valence-corrected chi connectivity index (χ4v) is 7.20. The molecule has 0 unspecified atom stereocenters. The molecule has 0 saturated heterocycles. The van der Waals surface area contributed by atoms with Crippen LogP contribution in [0.3, 0.4) is 0 Å². The third kappa shape index (κ3) is 4.38. The van der Waals surface area contributed by atoms with E-state index >= 15 is 0 Å². The van der Waals surface area contributed by atoms with Gasteiger partial charge in [0.15, 0.2) is 5.82 Å². The molecule has 0 radical (unpaired) electrons. The van der Waals surface area contributed by atoms with Crippen molar-refractivity contribution in [3.63, 3.8) is 0 Å². The van der Waals surface area contributed by atoms with Crippen LogP contribution < -0.4 is 0 Å². The van der Waals surface area contributed by atoms with E-state index in [0.717, 1.165) is 66.3 Å². The maximum Gasteiger partial charge on any atom is 0.159 e. The summed E-state index contributed by atoms with van der Waals surface area (Å²) in [6.45, 7) is 0. The van der Waals surface area contributed by atoms with Gasteiger partial charge in [-0.25, -0.2) is 9.97 Å². The molecule has 0 saturated carbocycles. The summed E-state index contributed by atoms with van der Waals surface area (Å²) in [5.41, 5.74) is 10.4. The number of hydrogen-bond donors (Lipinski definition) is 0. The quantitative estimate of drug-likeness (QED) is 0.182. The van der Waals surface area contributed by atoms with E-state index < -0.39 is 0 Å². The lowest BCUT2D eigenvalue weighted by atomic mass is 9.97. The molecule has 4 heterocycles. The van der Waals surface area contributed by atoms with Crippen molar-refractivity contribution in [3.05, 3.63) is 159 Å². The highest BCUT2D eigenvalue weighted by molar-refractivity contribution is 6.27. The maximum absolute atomic E-state index is 4.85. The Kier molecular flexibility index (Phi) is 6.08. The monoisotopic (exact) mass is 626 g/mol. The first-order valence-corrected chi connectivity index (χ1v) is 16.2. The number of rotatable bonds is 4. The highest BCUT2D eigenvalue weighted by Gasteiger charge is 2.17. The Morgan fingerprint density at radius 1 is 0.367 bits per heavy atom. The number of para-hydroxylation sites is 1. The van der Waals surface area contributed by atoms with E-state index in [9.17, 15) is 0 Å². The molecule has 228 valence electrons. The summed E-state index contributed by atoms with van der Waals surface area (Å²) in [6.07, 6.45) is 10.9. The predicted octanol–water partition coefficient (Wildman–Crippen LogP) is 10.2. The van der Waals surface area contributed by atoms with Gasteiger partial charge in [0.05, 0.1) is 22.1 Å². The van der Waals surface area contributed by atoms with Crippen molar-refractivity contribution in [1.29, 1.82) is 0 Å². The van der Waals surface area contributed by atoms with Crippen LogP contribution in [0, 0.1) is 0 Å². The summed E-state index contributed by atoms with van der Waals surface area (Å²) in [6, 6.07) is 42.9. The molecule has 0 aliphatic rings. The average molecular weight is 627 g/mol. The lowest BCUT2D eigenvalue weighted by Crippen LogP contribution is -1.95. The number of pyridine rings is 1. The molecule has 0 N–H and O–H groups in total. The Labute approximate surface area is 281 Å². The molecule has 6 nitrogen and oxygen atoms in total. The minimum Gasteiger partial charge on any atom is -0.309 e. The largest absolute Gasteiger partial charge is 0.309 e. The van der Waals surface area contributed by atoms with Crippen molar-refractivity contribution in [2.75, 3.05) is 0 Å². The van der Waals surface area contributed by atoms with Crippen molar-refractivity contribution in [2.24, 2.45) is 0 Å². The fourth-order valence-electron chi connectivity index (χ4n) is 7.20. The molecule has 0 spiro atoms. The van der Waals surface area contributed by atoms with Gasteiger partial charge in [0.25, 0.3) is 0 Å². The molecule has 4 aromatic heterocycles. The number of nitrogens with zero attached hydrogens (tertiary/aromatic N) is 6. The molecule has 0 aliphatic carbocycles. The topological polar surface area (TPSA) is 69.4 Å². The average Bonchev–Trinajstić information content (AvgIpc) is 3.51. The second-order valence-electron chi connectivity index (χ2n) is 12.2. The van der Waals surface area contributed by atoms with Crippen LogP contribution in [0.2, 0.25) is 0 Å².